The van der Waals surface area contributed by atoms with Crippen LogP contribution >= 0.6 is 0 Å². The lowest BCUT2D eigenvalue weighted by molar-refractivity contribution is -0.143. The highest BCUT2D eigenvalue weighted by Crippen LogP contribution is 2.20. The molecule has 1 aromatic rings. The topological polar surface area (TPSA) is 82.8 Å². The summed E-state index contributed by atoms with van der Waals surface area (Å²) in [6.45, 7) is 4.44. The summed E-state index contributed by atoms with van der Waals surface area (Å²) in [5, 5.41) is 12.3. The average Bonchev–Trinajstić information content (AvgIpc) is 3.05. The highest BCUT2D eigenvalue weighted by Gasteiger charge is 2.33. The Morgan fingerprint density at radius 2 is 2.22 bits per heavy atom. The third-order valence-corrected chi connectivity index (χ3v) is 4.12. The number of hydrogen-bond acceptors (Lipinski definition) is 4. The summed E-state index contributed by atoms with van der Waals surface area (Å²) < 4.78 is 5.26. The molecule has 1 aliphatic rings. The van der Waals surface area contributed by atoms with Gasteiger partial charge < -0.3 is 19.7 Å². The molecular weight excluding hydrogens is 296 g/mol. The van der Waals surface area contributed by atoms with Gasteiger partial charge >= 0.3 is 0 Å². The average molecular weight is 322 g/mol. The molecule has 2 atom stereocenters. The van der Waals surface area contributed by atoms with Crippen LogP contribution in [0.15, 0.2) is 22.8 Å². The first-order chi connectivity index (χ1) is 11.0. The van der Waals surface area contributed by atoms with Crippen LogP contribution in [0.5, 0.6) is 0 Å². The molecule has 6 heteroatoms. The Hall–Kier alpha value is -1.82. The number of piperidine rings is 1. The standard InChI is InChI=1S/C17H26N2O4/c1-12(2)10-14(19-8-4-3-7-16(19)21)17(22)18-13(11-20)15-6-5-9-23-15/h5-6,9,12-14,20H,3-4,7-8,10-11H2,1-2H3,(H,18,22). The van der Waals surface area contributed by atoms with E-state index in [1.807, 2.05) is 13.8 Å². The molecule has 1 aromatic heterocycles. The summed E-state index contributed by atoms with van der Waals surface area (Å²) in [6, 6.07) is 2.34. The molecule has 0 aliphatic carbocycles. The monoisotopic (exact) mass is 322 g/mol. The van der Waals surface area contributed by atoms with Crippen molar-refractivity contribution in [2.45, 2.75) is 51.6 Å². The third kappa shape index (κ3) is 4.58. The minimum atomic E-state index is -0.591. The van der Waals surface area contributed by atoms with E-state index in [1.54, 1.807) is 17.0 Å². The first-order valence-electron chi connectivity index (χ1n) is 8.27. The zero-order chi connectivity index (χ0) is 16.8. The number of carbonyl (C=O) groups is 2. The van der Waals surface area contributed by atoms with Gasteiger partial charge in [0.25, 0.3) is 0 Å². The Morgan fingerprint density at radius 1 is 1.43 bits per heavy atom. The number of amides is 2. The summed E-state index contributed by atoms with van der Waals surface area (Å²) in [5.41, 5.74) is 0. The second-order valence-electron chi connectivity index (χ2n) is 6.45. The van der Waals surface area contributed by atoms with Crippen molar-refractivity contribution in [2.75, 3.05) is 13.2 Å². The van der Waals surface area contributed by atoms with Gasteiger partial charge in [-0.2, -0.15) is 0 Å². The van der Waals surface area contributed by atoms with Crippen molar-refractivity contribution in [3.8, 4) is 0 Å². The van der Waals surface area contributed by atoms with E-state index in [4.69, 9.17) is 4.42 Å². The fourth-order valence-electron chi connectivity index (χ4n) is 2.94. The minimum Gasteiger partial charge on any atom is -0.467 e. The van der Waals surface area contributed by atoms with Gasteiger partial charge in [-0.15, -0.1) is 0 Å². The van der Waals surface area contributed by atoms with Crippen LogP contribution in [-0.2, 0) is 9.59 Å². The lowest BCUT2D eigenvalue weighted by atomic mass is 9.98. The van der Waals surface area contributed by atoms with E-state index in [1.165, 1.54) is 6.26 Å². The van der Waals surface area contributed by atoms with Gasteiger partial charge in [-0.25, -0.2) is 0 Å². The van der Waals surface area contributed by atoms with Crippen molar-refractivity contribution in [1.29, 1.82) is 0 Å². The number of hydrogen-bond donors (Lipinski definition) is 2. The van der Waals surface area contributed by atoms with Crippen LogP contribution in [0, 0.1) is 5.92 Å². The zero-order valence-electron chi connectivity index (χ0n) is 13.8. The Kier molecular flexibility index (Phi) is 6.21. The Labute approximate surface area is 136 Å². The molecule has 23 heavy (non-hydrogen) atoms. The molecule has 2 rings (SSSR count). The van der Waals surface area contributed by atoms with Crippen molar-refractivity contribution in [2.24, 2.45) is 5.92 Å². The number of rotatable bonds is 7. The van der Waals surface area contributed by atoms with E-state index in [-0.39, 0.29) is 24.3 Å². The quantitative estimate of drug-likeness (QED) is 0.802. The van der Waals surface area contributed by atoms with E-state index in [0.29, 0.717) is 25.1 Å². The Bertz CT molecular complexity index is 513. The van der Waals surface area contributed by atoms with E-state index >= 15 is 0 Å². The van der Waals surface area contributed by atoms with Crippen molar-refractivity contribution in [3.05, 3.63) is 24.2 Å². The number of likely N-dealkylation sites (tertiary alicyclic amines) is 1. The summed E-state index contributed by atoms with van der Waals surface area (Å²) in [6.07, 6.45) is 4.42. The van der Waals surface area contributed by atoms with Crippen LogP contribution < -0.4 is 5.32 Å². The highest BCUT2D eigenvalue weighted by molar-refractivity contribution is 5.88. The van der Waals surface area contributed by atoms with Gasteiger partial charge in [0.05, 0.1) is 12.9 Å². The molecule has 0 saturated carbocycles. The van der Waals surface area contributed by atoms with Crippen LogP contribution in [0.1, 0.15) is 51.3 Å². The Balaban J connectivity index is 2.10. The van der Waals surface area contributed by atoms with Crippen LogP contribution in [0.2, 0.25) is 0 Å². The predicted molar refractivity (Wildman–Crippen MR) is 85.5 cm³/mol. The molecular formula is C17H26N2O4. The number of nitrogens with one attached hydrogen (secondary N) is 1. The molecule has 0 bridgehead atoms. The molecule has 2 N–H and O–H groups in total. The van der Waals surface area contributed by atoms with E-state index in [2.05, 4.69) is 5.32 Å². The first-order valence-corrected chi connectivity index (χ1v) is 8.27. The molecule has 128 valence electrons. The number of aliphatic hydroxyl groups is 1. The predicted octanol–water partition coefficient (Wildman–Crippen LogP) is 1.86. The molecule has 2 amide bonds. The van der Waals surface area contributed by atoms with Gasteiger partial charge in [0, 0.05) is 13.0 Å². The molecule has 6 nitrogen and oxygen atoms in total. The molecule has 1 saturated heterocycles. The highest BCUT2D eigenvalue weighted by atomic mass is 16.3. The lowest BCUT2D eigenvalue weighted by Gasteiger charge is -2.35. The Morgan fingerprint density at radius 3 is 2.78 bits per heavy atom. The smallest absolute Gasteiger partial charge is 0.243 e. The third-order valence-electron chi connectivity index (χ3n) is 4.12. The molecule has 0 aromatic carbocycles. The maximum Gasteiger partial charge on any atom is 0.243 e. The van der Waals surface area contributed by atoms with Crippen LogP contribution in [0.4, 0.5) is 0 Å². The maximum absolute atomic E-state index is 12.7. The normalized spacial score (nSPS) is 18.1. The SMILES string of the molecule is CC(C)CC(C(=O)NC(CO)c1ccco1)N1CCCCC1=O. The van der Waals surface area contributed by atoms with Gasteiger partial charge in [0.1, 0.15) is 17.8 Å². The van der Waals surface area contributed by atoms with Crippen molar-refractivity contribution >= 4 is 11.8 Å². The molecule has 0 spiro atoms. The van der Waals surface area contributed by atoms with Crippen LogP contribution in [0.3, 0.4) is 0 Å². The van der Waals surface area contributed by atoms with Gasteiger partial charge in [-0.05, 0) is 37.3 Å². The van der Waals surface area contributed by atoms with Crippen molar-refractivity contribution in [3.63, 3.8) is 0 Å². The zero-order valence-corrected chi connectivity index (χ0v) is 13.8. The second-order valence-corrected chi connectivity index (χ2v) is 6.45. The fraction of sp³-hybridized carbons (Fsp3) is 0.647. The lowest BCUT2D eigenvalue weighted by Crippen LogP contribution is -2.52. The molecule has 1 aliphatic heterocycles. The van der Waals surface area contributed by atoms with Gasteiger partial charge in [-0.3, -0.25) is 9.59 Å². The van der Waals surface area contributed by atoms with Crippen LogP contribution in [0.25, 0.3) is 0 Å². The number of carbonyl (C=O) groups excluding carboxylic acids is 2. The van der Waals surface area contributed by atoms with Gasteiger partial charge in [0.2, 0.25) is 11.8 Å². The maximum atomic E-state index is 12.7. The van der Waals surface area contributed by atoms with E-state index < -0.39 is 12.1 Å². The molecule has 1 fully saturated rings. The molecule has 2 unspecified atom stereocenters. The summed E-state index contributed by atoms with van der Waals surface area (Å²) in [5.74, 6) is 0.603. The molecule has 2 heterocycles. The van der Waals surface area contributed by atoms with Crippen LogP contribution in [-0.4, -0.2) is 41.0 Å². The molecule has 0 radical (unpaired) electrons. The van der Waals surface area contributed by atoms with Gasteiger partial charge in [0.15, 0.2) is 0 Å². The number of nitrogens with zero attached hydrogens (tertiary/aromatic N) is 1. The minimum absolute atomic E-state index is 0.0376. The van der Waals surface area contributed by atoms with Crippen molar-refractivity contribution < 1.29 is 19.1 Å². The van der Waals surface area contributed by atoms with Crippen molar-refractivity contribution in [1.82, 2.24) is 10.2 Å². The van der Waals surface area contributed by atoms with E-state index in [0.717, 1.165) is 12.8 Å². The summed E-state index contributed by atoms with van der Waals surface area (Å²) in [4.78, 5) is 26.6. The fourth-order valence-corrected chi connectivity index (χ4v) is 2.94. The number of aliphatic hydroxyl groups excluding tert-OH is 1. The largest absolute Gasteiger partial charge is 0.467 e. The van der Waals surface area contributed by atoms with Gasteiger partial charge in [-0.1, -0.05) is 13.8 Å². The number of furan rings is 1. The summed E-state index contributed by atoms with van der Waals surface area (Å²) in [7, 11) is 0. The first kappa shape index (κ1) is 17.5. The second kappa shape index (κ2) is 8.15. The van der Waals surface area contributed by atoms with E-state index in [9.17, 15) is 14.7 Å². The summed E-state index contributed by atoms with van der Waals surface area (Å²) >= 11 is 0.